The molecule has 2 amide bonds. The van der Waals surface area contributed by atoms with Gasteiger partial charge in [-0.2, -0.15) is 0 Å². The largest absolute Gasteiger partial charge is 0.450 e. The van der Waals surface area contributed by atoms with Crippen molar-refractivity contribution >= 4 is 12.0 Å². The van der Waals surface area contributed by atoms with E-state index in [9.17, 15) is 9.59 Å². The van der Waals surface area contributed by atoms with Gasteiger partial charge in [-0.05, 0) is 6.92 Å². The van der Waals surface area contributed by atoms with Crippen LogP contribution in [-0.2, 0) is 9.53 Å². The maximum atomic E-state index is 11.4. The Hall–Kier alpha value is -1.34. The van der Waals surface area contributed by atoms with Crippen molar-refractivity contribution in [3.8, 4) is 0 Å². The summed E-state index contributed by atoms with van der Waals surface area (Å²) in [4.78, 5) is 26.0. The van der Waals surface area contributed by atoms with Crippen LogP contribution in [0.2, 0.25) is 0 Å². The molecule has 0 saturated carbocycles. The number of nitrogens with zero attached hydrogens (tertiary/aromatic N) is 2. The summed E-state index contributed by atoms with van der Waals surface area (Å²) < 4.78 is 4.89. The number of nitrogens with two attached hydrogens (primary N) is 1. The van der Waals surface area contributed by atoms with E-state index in [4.69, 9.17) is 10.6 Å². The molecule has 7 heteroatoms. The summed E-state index contributed by atoms with van der Waals surface area (Å²) in [5, 5.41) is 0. The van der Waals surface area contributed by atoms with Gasteiger partial charge in [0, 0.05) is 26.2 Å². The normalized spacial score (nSPS) is 17.0. The molecule has 0 aromatic heterocycles. The van der Waals surface area contributed by atoms with Crippen LogP contribution in [0.1, 0.15) is 6.92 Å². The summed E-state index contributed by atoms with van der Waals surface area (Å²) in [7, 11) is 0. The molecule has 0 radical (unpaired) electrons. The van der Waals surface area contributed by atoms with Crippen LogP contribution >= 0.6 is 0 Å². The first-order valence-electron chi connectivity index (χ1n) is 5.31. The van der Waals surface area contributed by atoms with E-state index in [0.717, 1.165) is 0 Å². The van der Waals surface area contributed by atoms with Crippen molar-refractivity contribution < 1.29 is 14.3 Å². The van der Waals surface area contributed by atoms with Gasteiger partial charge in [0.05, 0.1) is 13.2 Å². The first-order valence-corrected chi connectivity index (χ1v) is 5.31. The zero-order chi connectivity index (χ0) is 12.0. The number of carbonyl (C=O) groups is 2. The number of nitrogens with one attached hydrogen (secondary N) is 1. The molecule has 1 aliphatic heterocycles. The molecule has 0 aliphatic carbocycles. The van der Waals surface area contributed by atoms with Gasteiger partial charge in [-0.15, -0.1) is 0 Å². The van der Waals surface area contributed by atoms with E-state index in [0.29, 0.717) is 32.8 Å². The molecule has 1 rings (SSSR count). The Morgan fingerprint density at radius 2 is 1.94 bits per heavy atom. The summed E-state index contributed by atoms with van der Waals surface area (Å²) >= 11 is 0. The average Bonchev–Trinajstić information content (AvgIpc) is 2.30. The average molecular weight is 230 g/mol. The van der Waals surface area contributed by atoms with Crippen molar-refractivity contribution in [1.29, 1.82) is 0 Å². The molecule has 0 aromatic carbocycles. The number of ether oxygens (including phenoxy) is 1. The third-order valence-corrected chi connectivity index (χ3v) is 2.43. The molecule has 1 heterocycles. The molecule has 0 aromatic rings. The first-order chi connectivity index (χ1) is 7.67. The van der Waals surface area contributed by atoms with Gasteiger partial charge in [0.15, 0.2) is 0 Å². The molecule has 7 nitrogen and oxygen atoms in total. The summed E-state index contributed by atoms with van der Waals surface area (Å²) in [5.74, 6) is 4.78. The minimum Gasteiger partial charge on any atom is -0.450 e. The molecular formula is C9H18N4O3. The standard InChI is InChI=1S/C9H18N4O3/c1-2-16-9(15)13-5-3-12(4-6-13)7-8(14)11-10/h2-7,10H2,1H3,(H,11,14). The summed E-state index contributed by atoms with van der Waals surface area (Å²) in [6.45, 7) is 4.91. The van der Waals surface area contributed by atoms with Crippen molar-refractivity contribution in [2.24, 2.45) is 5.84 Å². The minimum absolute atomic E-state index is 0.218. The number of piperazine rings is 1. The van der Waals surface area contributed by atoms with Gasteiger partial charge in [0.25, 0.3) is 0 Å². The molecule has 0 bridgehead atoms. The van der Waals surface area contributed by atoms with E-state index in [1.807, 2.05) is 4.90 Å². The van der Waals surface area contributed by atoms with E-state index in [-0.39, 0.29) is 18.5 Å². The molecule has 0 unspecified atom stereocenters. The molecule has 1 aliphatic rings. The van der Waals surface area contributed by atoms with Crippen LogP contribution in [0.15, 0.2) is 0 Å². The quantitative estimate of drug-likeness (QED) is 0.359. The lowest BCUT2D eigenvalue weighted by Crippen LogP contribution is -2.51. The third-order valence-electron chi connectivity index (χ3n) is 2.43. The highest BCUT2D eigenvalue weighted by Crippen LogP contribution is 2.03. The maximum absolute atomic E-state index is 11.4. The molecule has 1 fully saturated rings. The van der Waals surface area contributed by atoms with E-state index in [1.165, 1.54) is 0 Å². The Labute approximate surface area is 94.5 Å². The Bertz CT molecular complexity index is 251. The fraction of sp³-hybridized carbons (Fsp3) is 0.778. The number of carbonyl (C=O) groups excluding carboxylic acids is 2. The van der Waals surface area contributed by atoms with Crippen molar-refractivity contribution in [3.05, 3.63) is 0 Å². The van der Waals surface area contributed by atoms with Gasteiger partial charge in [-0.3, -0.25) is 15.1 Å². The number of hydrazine groups is 1. The monoisotopic (exact) mass is 230 g/mol. The molecule has 1 saturated heterocycles. The lowest BCUT2D eigenvalue weighted by Gasteiger charge is -2.33. The number of hydrogen-bond donors (Lipinski definition) is 2. The van der Waals surface area contributed by atoms with Crippen LogP contribution in [0.4, 0.5) is 4.79 Å². The smallest absolute Gasteiger partial charge is 0.409 e. The third kappa shape index (κ3) is 3.67. The molecule has 0 atom stereocenters. The summed E-state index contributed by atoms with van der Waals surface area (Å²) in [6.07, 6.45) is -0.287. The fourth-order valence-corrected chi connectivity index (χ4v) is 1.55. The lowest BCUT2D eigenvalue weighted by molar-refractivity contribution is -0.122. The molecule has 92 valence electrons. The molecular weight excluding hydrogens is 212 g/mol. The summed E-state index contributed by atoms with van der Waals surface area (Å²) in [5.41, 5.74) is 2.08. The maximum Gasteiger partial charge on any atom is 0.409 e. The highest BCUT2D eigenvalue weighted by Gasteiger charge is 2.22. The second-order valence-corrected chi connectivity index (χ2v) is 3.53. The van der Waals surface area contributed by atoms with Gasteiger partial charge in [0.1, 0.15) is 0 Å². The molecule has 3 N–H and O–H groups in total. The minimum atomic E-state index is -0.287. The van der Waals surface area contributed by atoms with Crippen LogP contribution in [0.25, 0.3) is 0 Å². The number of amides is 2. The van der Waals surface area contributed by atoms with Gasteiger partial charge < -0.3 is 9.64 Å². The summed E-state index contributed by atoms with van der Waals surface area (Å²) in [6, 6.07) is 0. The van der Waals surface area contributed by atoms with Crippen LogP contribution in [0.5, 0.6) is 0 Å². The van der Waals surface area contributed by atoms with Gasteiger partial charge >= 0.3 is 6.09 Å². The zero-order valence-corrected chi connectivity index (χ0v) is 9.44. The van der Waals surface area contributed by atoms with E-state index in [2.05, 4.69) is 5.43 Å². The van der Waals surface area contributed by atoms with Crippen molar-refractivity contribution in [3.63, 3.8) is 0 Å². The highest BCUT2D eigenvalue weighted by molar-refractivity contribution is 5.77. The van der Waals surface area contributed by atoms with Crippen LogP contribution in [-0.4, -0.2) is 61.1 Å². The first kappa shape index (κ1) is 12.7. The predicted molar refractivity (Wildman–Crippen MR) is 57.4 cm³/mol. The molecule has 0 spiro atoms. The number of rotatable bonds is 3. The Morgan fingerprint density at radius 3 is 2.44 bits per heavy atom. The second-order valence-electron chi connectivity index (χ2n) is 3.53. The second kappa shape index (κ2) is 6.29. The topological polar surface area (TPSA) is 87.9 Å². The Kier molecular flexibility index (Phi) is 5.00. The van der Waals surface area contributed by atoms with Crippen LogP contribution in [0.3, 0.4) is 0 Å². The predicted octanol–water partition coefficient (Wildman–Crippen LogP) is -1.25. The van der Waals surface area contributed by atoms with E-state index in [1.54, 1.807) is 11.8 Å². The Morgan fingerprint density at radius 1 is 1.31 bits per heavy atom. The fourth-order valence-electron chi connectivity index (χ4n) is 1.55. The van der Waals surface area contributed by atoms with Crippen LogP contribution < -0.4 is 11.3 Å². The highest BCUT2D eigenvalue weighted by atomic mass is 16.6. The van der Waals surface area contributed by atoms with Crippen molar-refractivity contribution in [1.82, 2.24) is 15.2 Å². The Balaban J connectivity index is 2.28. The van der Waals surface area contributed by atoms with Gasteiger partial charge in [0.2, 0.25) is 5.91 Å². The van der Waals surface area contributed by atoms with Gasteiger partial charge in [-0.25, -0.2) is 10.6 Å². The van der Waals surface area contributed by atoms with E-state index >= 15 is 0 Å². The lowest BCUT2D eigenvalue weighted by atomic mass is 10.3. The van der Waals surface area contributed by atoms with Crippen molar-refractivity contribution in [2.45, 2.75) is 6.92 Å². The van der Waals surface area contributed by atoms with E-state index < -0.39 is 0 Å². The van der Waals surface area contributed by atoms with Crippen molar-refractivity contribution in [2.75, 3.05) is 39.3 Å². The number of hydrogen-bond acceptors (Lipinski definition) is 5. The van der Waals surface area contributed by atoms with Gasteiger partial charge in [-0.1, -0.05) is 0 Å². The SMILES string of the molecule is CCOC(=O)N1CCN(CC(=O)NN)CC1. The van der Waals surface area contributed by atoms with Crippen LogP contribution in [0, 0.1) is 0 Å². The molecule has 16 heavy (non-hydrogen) atoms. The zero-order valence-electron chi connectivity index (χ0n) is 9.44.